The molecule has 0 saturated carbocycles. The summed E-state index contributed by atoms with van der Waals surface area (Å²) in [5.74, 6) is 0.655. The first-order valence-corrected chi connectivity index (χ1v) is 9.60. The summed E-state index contributed by atoms with van der Waals surface area (Å²) in [7, 11) is 0. The Morgan fingerprint density at radius 1 is 1.23 bits per heavy atom. The summed E-state index contributed by atoms with van der Waals surface area (Å²) in [6, 6.07) is 7.11. The Hall–Kier alpha value is -0.890. The predicted molar refractivity (Wildman–Crippen MR) is 121 cm³/mol. The zero-order chi connectivity index (χ0) is 18.5. The number of guanidine groups is 1. The maximum Gasteiger partial charge on any atom is 0.191 e. The van der Waals surface area contributed by atoms with Crippen LogP contribution >= 0.6 is 24.0 Å². The van der Waals surface area contributed by atoms with E-state index in [0.29, 0.717) is 12.6 Å². The largest absolute Gasteiger partial charge is 0.357 e. The van der Waals surface area contributed by atoms with Gasteiger partial charge in [-0.25, -0.2) is 4.39 Å². The highest BCUT2D eigenvalue weighted by Gasteiger charge is 2.06. The maximum absolute atomic E-state index is 13.2. The summed E-state index contributed by atoms with van der Waals surface area (Å²) in [6.07, 6.45) is 3.04. The zero-order valence-electron chi connectivity index (χ0n) is 16.7. The number of rotatable bonds is 11. The van der Waals surface area contributed by atoms with E-state index in [4.69, 9.17) is 0 Å². The molecule has 4 nitrogen and oxygen atoms in total. The van der Waals surface area contributed by atoms with Crippen molar-refractivity contribution >= 4 is 29.9 Å². The van der Waals surface area contributed by atoms with E-state index in [9.17, 15) is 4.39 Å². The maximum atomic E-state index is 13.2. The zero-order valence-corrected chi connectivity index (χ0v) is 19.1. The Morgan fingerprint density at radius 3 is 2.58 bits per heavy atom. The van der Waals surface area contributed by atoms with Gasteiger partial charge in [0.15, 0.2) is 5.96 Å². The Kier molecular flexibility index (Phi) is 14.7. The lowest BCUT2D eigenvalue weighted by molar-refractivity contribution is 0.292. The molecule has 1 rings (SSSR count). The third-order valence-corrected chi connectivity index (χ3v) is 4.29. The second kappa shape index (κ2) is 15.2. The summed E-state index contributed by atoms with van der Waals surface area (Å²) >= 11 is 0. The number of aliphatic imine (C=N–C) groups is 1. The van der Waals surface area contributed by atoms with Crippen LogP contribution in [0.3, 0.4) is 0 Å². The highest BCUT2D eigenvalue weighted by Crippen LogP contribution is 2.04. The van der Waals surface area contributed by atoms with E-state index in [-0.39, 0.29) is 29.8 Å². The SMILES string of the molecule is CCNC(=NCCc1cccc(F)c1)NC(C)CCCN(CC)CC.I. The van der Waals surface area contributed by atoms with Gasteiger partial charge in [-0.15, -0.1) is 24.0 Å². The van der Waals surface area contributed by atoms with Crippen molar-refractivity contribution < 1.29 is 4.39 Å². The third-order valence-electron chi connectivity index (χ3n) is 4.29. The average Bonchev–Trinajstić information content (AvgIpc) is 2.59. The minimum absolute atomic E-state index is 0. The summed E-state index contributed by atoms with van der Waals surface area (Å²) in [6.45, 7) is 13.5. The van der Waals surface area contributed by atoms with Gasteiger partial charge in [0, 0.05) is 19.1 Å². The van der Waals surface area contributed by atoms with Gasteiger partial charge in [0.1, 0.15) is 5.82 Å². The highest BCUT2D eigenvalue weighted by molar-refractivity contribution is 14.0. The fraction of sp³-hybridized carbons (Fsp3) is 0.650. The predicted octanol–water partition coefficient (Wildman–Crippen LogP) is 4.05. The molecule has 0 spiro atoms. The molecule has 1 atom stereocenters. The van der Waals surface area contributed by atoms with Crippen molar-refractivity contribution in [1.29, 1.82) is 0 Å². The fourth-order valence-electron chi connectivity index (χ4n) is 2.78. The summed E-state index contributed by atoms with van der Waals surface area (Å²) < 4.78 is 13.2. The molecule has 6 heteroatoms. The molecular formula is C20H36FIN4. The number of nitrogens with zero attached hydrogens (tertiary/aromatic N) is 2. The Morgan fingerprint density at radius 2 is 1.96 bits per heavy atom. The molecule has 150 valence electrons. The van der Waals surface area contributed by atoms with Crippen molar-refractivity contribution in [2.45, 2.75) is 53.0 Å². The Labute approximate surface area is 176 Å². The average molecular weight is 478 g/mol. The van der Waals surface area contributed by atoms with E-state index in [0.717, 1.165) is 50.5 Å². The minimum atomic E-state index is -0.187. The van der Waals surface area contributed by atoms with Crippen molar-refractivity contribution in [3.63, 3.8) is 0 Å². The first-order valence-electron chi connectivity index (χ1n) is 9.60. The highest BCUT2D eigenvalue weighted by atomic mass is 127. The van der Waals surface area contributed by atoms with Gasteiger partial charge in [-0.2, -0.15) is 0 Å². The van der Waals surface area contributed by atoms with E-state index < -0.39 is 0 Å². The van der Waals surface area contributed by atoms with Gasteiger partial charge in [0.25, 0.3) is 0 Å². The molecule has 0 saturated heterocycles. The van der Waals surface area contributed by atoms with Crippen LogP contribution in [0.4, 0.5) is 4.39 Å². The molecule has 0 bridgehead atoms. The van der Waals surface area contributed by atoms with Crippen LogP contribution in [0.5, 0.6) is 0 Å². The molecular weight excluding hydrogens is 442 g/mol. The van der Waals surface area contributed by atoms with Crippen molar-refractivity contribution in [2.75, 3.05) is 32.7 Å². The van der Waals surface area contributed by atoms with Gasteiger partial charge in [-0.1, -0.05) is 26.0 Å². The van der Waals surface area contributed by atoms with Gasteiger partial charge in [0.05, 0.1) is 0 Å². The molecule has 0 aliphatic carbocycles. The Bertz CT molecular complexity index is 506. The van der Waals surface area contributed by atoms with Crippen molar-refractivity contribution in [1.82, 2.24) is 15.5 Å². The van der Waals surface area contributed by atoms with Crippen LogP contribution in [-0.4, -0.2) is 49.6 Å². The summed E-state index contributed by atoms with van der Waals surface area (Å²) in [5, 5.41) is 6.76. The lowest BCUT2D eigenvalue weighted by Gasteiger charge is -2.21. The summed E-state index contributed by atoms with van der Waals surface area (Å²) in [4.78, 5) is 7.06. The van der Waals surface area contributed by atoms with Crippen LogP contribution in [0.2, 0.25) is 0 Å². The van der Waals surface area contributed by atoms with Crippen LogP contribution in [0, 0.1) is 5.82 Å². The molecule has 0 radical (unpaired) electrons. The third kappa shape index (κ3) is 11.0. The normalized spacial score (nSPS) is 12.6. The molecule has 1 unspecified atom stereocenters. The van der Waals surface area contributed by atoms with E-state index in [1.165, 1.54) is 12.5 Å². The molecule has 0 aliphatic heterocycles. The second-order valence-electron chi connectivity index (χ2n) is 6.36. The first kappa shape index (κ1) is 25.1. The molecule has 0 heterocycles. The van der Waals surface area contributed by atoms with Gasteiger partial charge < -0.3 is 15.5 Å². The second-order valence-corrected chi connectivity index (χ2v) is 6.36. The number of nitrogens with one attached hydrogen (secondary N) is 2. The Balaban J connectivity index is 0.00000625. The molecule has 0 fully saturated rings. The lowest BCUT2D eigenvalue weighted by atomic mass is 10.1. The molecule has 0 aromatic heterocycles. The minimum Gasteiger partial charge on any atom is -0.357 e. The van der Waals surface area contributed by atoms with Gasteiger partial charge >= 0.3 is 0 Å². The topological polar surface area (TPSA) is 39.7 Å². The van der Waals surface area contributed by atoms with Crippen LogP contribution in [-0.2, 0) is 6.42 Å². The van der Waals surface area contributed by atoms with Gasteiger partial charge in [0.2, 0.25) is 0 Å². The van der Waals surface area contributed by atoms with Crippen molar-refractivity contribution in [3.05, 3.63) is 35.6 Å². The molecule has 2 N–H and O–H groups in total. The molecule has 0 amide bonds. The molecule has 1 aromatic rings. The quantitative estimate of drug-likeness (QED) is 0.287. The number of benzene rings is 1. The van der Waals surface area contributed by atoms with Gasteiger partial charge in [-0.3, -0.25) is 4.99 Å². The first-order chi connectivity index (χ1) is 12.1. The van der Waals surface area contributed by atoms with Crippen LogP contribution < -0.4 is 10.6 Å². The molecule has 1 aromatic carbocycles. The number of halogens is 2. The number of hydrogen-bond donors (Lipinski definition) is 2. The smallest absolute Gasteiger partial charge is 0.191 e. The van der Waals surface area contributed by atoms with Crippen molar-refractivity contribution in [3.8, 4) is 0 Å². The van der Waals surface area contributed by atoms with E-state index in [1.54, 1.807) is 12.1 Å². The van der Waals surface area contributed by atoms with E-state index in [1.807, 2.05) is 6.07 Å². The lowest BCUT2D eigenvalue weighted by Crippen LogP contribution is -2.42. The standard InChI is InChI=1S/C20H35FN4.HI/c1-5-22-20(23-14-13-18-11-8-12-19(21)16-18)24-17(4)10-9-15-25(6-2)7-3;/h8,11-12,16-17H,5-7,9-10,13-15H2,1-4H3,(H2,22,23,24);1H. The van der Waals surface area contributed by atoms with Gasteiger partial charge in [-0.05, 0) is 70.4 Å². The van der Waals surface area contributed by atoms with Crippen molar-refractivity contribution in [2.24, 2.45) is 4.99 Å². The van der Waals surface area contributed by atoms with Crippen LogP contribution in [0.1, 0.15) is 46.1 Å². The number of hydrogen-bond acceptors (Lipinski definition) is 2. The monoisotopic (exact) mass is 478 g/mol. The molecule has 0 aliphatic rings. The molecule has 26 heavy (non-hydrogen) atoms. The van der Waals surface area contributed by atoms with E-state index in [2.05, 4.69) is 48.2 Å². The summed E-state index contributed by atoms with van der Waals surface area (Å²) in [5.41, 5.74) is 0.979. The van der Waals surface area contributed by atoms with Crippen LogP contribution in [0.15, 0.2) is 29.3 Å². The fourth-order valence-corrected chi connectivity index (χ4v) is 2.78. The van der Waals surface area contributed by atoms with Crippen LogP contribution in [0.25, 0.3) is 0 Å². The van der Waals surface area contributed by atoms with E-state index >= 15 is 0 Å².